The van der Waals surface area contributed by atoms with E-state index in [0.29, 0.717) is 0 Å². The summed E-state index contributed by atoms with van der Waals surface area (Å²) in [7, 11) is 0. The van der Waals surface area contributed by atoms with Crippen LogP contribution in [0.15, 0.2) is 54.6 Å². The standard InChI is InChI=1S/C18H16ClN/c1-13-2-11-18-15(12-13)6-10-17(20-18)9-5-14-3-7-16(19)8-4-14/h2-4,6-8,10-12H,5,9H2,1H3. The maximum Gasteiger partial charge on any atom is 0.0705 e. The van der Waals surface area contributed by atoms with Crippen LogP contribution in [0.3, 0.4) is 0 Å². The van der Waals surface area contributed by atoms with Crippen molar-refractivity contribution in [1.29, 1.82) is 0 Å². The third-order valence-corrected chi connectivity index (χ3v) is 3.74. The predicted molar refractivity (Wildman–Crippen MR) is 85.3 cm³/mol. The molecule has 0 spiro atoms. The molecule has 0 bridgehead atoms. The van der Waals surface area contributed by atoms with Gasteiger partial charge in [-0.15, -0.1) is 0 Å². The zero-order valence-electron chi connectivity index (χ0n) is 11.4. The van der Waals surface area contributed by atoms with Crippen LogP contribution in [0.4, 0.5) is 0 Å². The molecule has 0 amide bonds. The summed E-state index contributed by atoms with van der Waals surface area (Å²) in [5.41, 5.74) is 4.77. The highest BCUT2D eigenvalue weighted by Crippen LogP contribution is 2.16. The number of nitrogens with zero attached hydrogens (tertiary/aromatic N) is 1. The summed E-state index contributed by atoms with van der Waals surface area (Å²) in [5, 5.41) is 1.99. The molecule has 0 aliphatic heterocycles. The Balaban J connectivity index is 1.77. The van der Waals surface area contributed by atoms with E-state index in [4.69, 9.17) is 16.6 Å². The predicted octanol–water partition coefficient (Wildman–Crippen LogP) is 4.98. The molecule has 0 fully saturated rings. The molecule has 20 heavy (non-hydrogen) atoms. The van der Waals surface area contributed by atoms with E-state index in [2.05, 4.69) is 49.4 Å². The molecule has 0 radical (unpaired) electrons. The van der Waals surface area contributed by atoms with Gasteiger partial charge in [0.15, 0.2) is 0 Å². The summed E-state index contributed by atoms with van der Waals surface area (Å²) < 4.78 is 0. The summed E-state index contributed by atoms with van der Waals surface area (Å²) >= 11 is 5.89. The van der Waals surface area contributed by atoms with E-state index < -0.39 is 0 Å². The van der Waals surface area contributed by atoms with E-state index in [0.717, 1.165) is 29.1 Å². The molecule has 2 aromatic carbocycles. The van der Waals surface area contributed by atoms with E-state index in [1.807, 2.05) is 12.1 Å². The Bertz CT molecular complexity index is 732. The molecule has 2 heteroatoms. The summed E-state index contributed by atoms with van der Waals surface area (Å²) in [6, 6.07) is 18.7. The van der Waals surface area contributed by atoms with Gasteiger partial charge >= 0.3 is 0 Å². The highest BCUT2D eigenvalue weighted by atomic mass is 35.5. The molecule has 0 unspecified atom stereocenters. The minimum atomic E-state index is 0.785. The Hall–Kier alpha value is -1.86. The Labute approximate surface area is 124 Å². The van der Waals surface area contributed by atoms with Crippen LogP contribution < -0.4 is 0 Å². The zero-order chi connectivity index (χ0) is 13.9. The molecular weight excluding hydrogens is 266 g/mol. The van der Waals surface area contributed by atoms with Gasteiger partial charge in [0.05, 0.1) is 5.52 Å². The van der Waals surface area contributed by atoms with Crippen LogP contribution in [-0.4, -0.2) is 4.98 Å². The molecule has 1 heterocycles. The van der Waals surface area contributed by atoms with Gasteiger partial charge in [-0.1, -0.05) is 41.4 Å². The van der Waals surface area contributed by atoms with E-state index >= 15 is 0 Å². The van der Waals surface area contributed by atoms with E-state index in [1.165, 1.54) is 16.5 Å². The number of halogens is 1. The lowest BCUT2D eigenvalue weighted by atomic mass is 10.1. The van der Waals surface area contributed by atoms with Crippen LogP contribution in [0.2, 0.25) is 5.02 Å². The molecule has 0 aliphatic carbocycles. The molecule has 1 aromatic heterocycles. The monoisotopic (exact) mass is 281 g/mol. The Morgan fingerprint density at radius 3 is 2.50 bits per heavy atom. The van der Waals surface area contributed by atoms with Gasteiger partial charge in [0, 0.05) is 16.1 Å². The van der Waals surface area contributed by atoms with E-state index in [-0.39, 0.29) is 0 Å². The van der Waals surface area contributed by atoms with Gasteiger partial charge in [0.25, 0.3) is 0 Å². The molecule has 0 saturated carbocycles. The smallest absolute Gasteiger partial charge is 0.0705 e. The van der Waals surface area contributed by atoms with Gasteiger partial charge < -0.3 is 0 Å². The van der Waals surface area contributed by atoms with E-state index in [9.17, 15) is 0 Å². The molecule has 0 N–H and O–H groups in total. The van der Waals surface area contributed by atoms with Crippen molar-refractivity contribution in [3.63, 3.8) is 0 Å². The second kappa shape index (κ2) is 5.64. The number of aromatic nitrogens is 1. The van der Waals surface area contributed by atoms with Crippen LogP contribution in [0.25, 0.3) is 10.9 Å². The highest BCUT2D eigenvalue weighted by molar-refractivity contribution is 6.30. The molecule has 100 valence electrons. The number of rotatable bonds is 3. The van der Waals surface area contributed by atoms with Crippen molar-refractivity contribution in [2.45, 2.75) is 19.8 Å². The summed E-state index contributed by atoms with van der Waals surface area (Å²) in [6.07, 6.45) is 1.94. The molecule has 0 saturated heterocycles. The fourth-order valence-corrected chi connectivity index (χ4v) is 2.48. The van der Waals surface area contributed by atoms with Crippen LogP contribution in [0.5, 0.6) is 0 Å². The van der Waals surface area contributed by atoms with Gasteiger partial charge in [-0.25, -0.2) is 0 Å². The number of hydrogen-bond donors (Lipinski definition) is 0. The topological polar surface area (TPSA) is 12.9 Å². The minimum Gasteiger partial charge on any atom is -0.253 e. The maximum atomic E-state index is 5.89. The largest absolute Gasteiger partial charge is 0.253 e. The number of fused-ring (bicyclic) bond motifs is 1. The molecule has 3 rings (SSSR count). The lowest BCUT2D eigenvalue weighted by Crippen LogP contribution is -1.95. The first-order valence-corrected chi connectivity index (χ1v) is 7.19. The molecule has 3 aromatic rings. The number of hydrogen-bond acceptors (Lipinski definition) is 1. The molecule has 0 aliphatic rings. The second-order valence-electron chi connectivity index (χ2n) is 5.13. The van der Waals surface area contributed by atoms with Gasteiger partial charge in [-0.05, 0) is 55.7 Å². The quantitative estimate of drug-likeness (QED) is 0.660. The number of pyridine rings is 1. The second-order valence-corrected chi connectivity index (χ2v) is 5.56. The Kier molecular flexibility index (Phi) is 3.70. The van der Waals surface area contributed by atoms with Crippen molar-refractivity contribution in [2.24, 2.45) is 0 Å². The first kappa shape index (κ1) is 13.1. The average molecular weight is 282 g/mol. The Morgan fingerprint density at radius 2 is 1.70 bits per heavy atom. The maximum absolute atomic E-state index is 5.89. The third kappa shape index (κ3) is 3.00. The van der Waals surface area contributed by atoms with Crippen LogP contribution in [-0.2, 0) is 12.8 Å². The van der Waals surface area contributed by atoms with Crippen LogP contribution in [0, 0.1) is 6.92 Å². The van der Waals surface area contributed by atoms with Gasteiger partial charge in [-0.3, -0.25) is 4.98 Å². The highest BCUT2D eigenvalue weighted by Gasteiger charge is 2.00. The van der Waals surface area contributed by atoms with Crippen molar-refractivity contribution < 1.29 is 0 Å². The number of benzene rings is 2. The lowest BCUT2D eigenvalue weighted by molar-refractivity contribution is 0.922. The minimum absolute atomic E-state index is 0.785. The third-order valence-electron chi connectivity index (χ3n) is 3.49. The first-order valence-electron chi connectivity index (χ1n) is 6.81. The molecular formula is C18H16ClN. The normalized spacial score (nSPS) is 10.9. The van der Waals surface area contributed by atoms with Crippen LogP contribution in [0.1, 0.15) is 16.8 Å². The fourth-order valence-electron chi connectivity index (χ4n) is 2.35. The van der Waals surface area contributed by atoms with Crippen molar-refractivity contribution in [3.05, 3.63) is 76.4 Å². The summed E-state index contributed by atoms with van der Waals surface area (Å²) in [5.74, 6) is 0. The van der Waals surface area contributed by atoms with E-state index in [1.54, 1.807) is 0 Å². The fraction of sp³-hybridized carbons (Fsp3) is 0.167. The van der Waals surface area contributed by atoms with Gasteiger partial charge in [-0.2, -0.15) is 0 Å². The zero-order valence-corrected chi connectivity index (χ0v) is 12.2. The van der Waals surface area contributed by atoms with Crippen molar-refractivity contribution >= 4 is 22.5 Å². The Morgan fingerprint density at radius 1 is 0.900 bits per heavy atom. The first-order chi connectivity index (χ1) is 9.70. The summed E-state index contributed by atoms with van der Waals surface area (Å²) in [6.45, 7) is 2.11. The van der Waals surface area contributed by atoms with Crippen molar-refractivity contribution in [1.82, 2.24) is 4.98 Å². The van der Waals surface area contributed by atoms with Crippen LogP contribution >= 0.6 is 11.6 Å². The lowest BCUT2D eigenvalue weighted by Gasteiger charge is -2.04. The number of aryl methyl sites for hydroxylation is 3. The molecule has 1 nitrogen and oxygen atoms in total. The van der Waals surface area contributed by atoms with Crippen molar-refractivity contribution in [2.75, 3.05) is 0 Å². The van der Waals surface area contributed by atoms with Gasteiger partial charge in [0.1, 0.15) is 0 Å². The average Bonchev–Trinajstić information content (AvgIpc) is 2.46. The van der Waals surface area contributed by atoms with Gasteiger partial charge in [0.2, 0.25) is 0 Å². The SMILES string of the molecule is Cc1ccc2nc(CCc3ccc(Cl)cc3)ccc2c1. The van der Waals surface area contributed by atoms with Crippen molar-refractivity contribution in [3.8, 4) is 0 Å². The summed E-state index contributed by atoms with van der Waals surface area (Å²) in [4.78, 5) is 4.72. The molecule has 0 atom stereocenters.